The topological polar surface area (TPSA) is 32.8 Å². The van der Waals surface area contributed by atoms with E-state index in [0.29, 0.717) is 15.6 Å². The maximum absolute atomic E-state index is 12.9. The summed E-state index contributed by atoms with van der Waals surface area (Å²) in [5.41, 5.74) is 5.60. The quantitative estimate of drug-likeness (QED) is 0.471. The minimum atomic E-state index is -0.720. The van der Waals surface area contributed by atoms with Crippen molar-refractivity contribution in [3.8, 4) is 0 Å². The number of benzene rings is 3. The lowest BCUT2D eigenvalue weighted by molar-refractivity contribution is 0.0213. The Balaban J connectivity index is 1.60. The van der Waals surface area contributed by atoms with Crippen LogP contribution in [0.3, 0.4) is 0 Å². The average Bonchev–Trinajstić information content (AvgIpc) is 3.16. The van der Waals surface area contributed by atoms with E-state index in [4.69, 9.17) is 27.9 Å². The van der Waals surface area contributed by atoms with Crippen LogP contribution in [-0.4, -0.2) is 34.2 Å². The van der Waals surface area contributed by atoms with Crippen molar-refractivity contribution < 1.29 is 9.53 Å². The molecule has 0 saturated heterocycles. The van der Waals surface area contributed by atoms with Gasteiger partial charge in [0, 0.05) is 51.0 Å². The number of hydrogen-bond donors (Lipinski definition) is 0. The smallest absolute Gasteiger partial charge is 0.339 e. The molecule has 32 heavy (non-hydrogen) atoms. The standard InChI is InChI=1S/C26H22Cl2N2O2/c1-29(2)16-9-5-14(6-10-16)25(15-7-11-17(12-8-15)30(3)4)23-20-21-18(13-19(27)22(20)28)24(31)32-26(21,23)25/h5-13,23H,1-4H3. The Morgan fingerprint density at radius 2 is 1.34 bits per heavy atom. The summed E-state index contributed by atoms with van der Waals surface area (Å²) in [6.07, 6.45) is 0. The van der Waals surface area contributed by atoms with Crippen molar-refractivity contribution in [1.29, 1.82) is 0 Å². The number of carbonyl (C=O) groups excluding carboxylic acids is 1. The predicted octanol–water partition coefficient (Wildman–Crippen LogP) is 5.59. The van der Waals surface area contributed by atoms with Crippen LogP contribution in [0.4, 0.5) is 11.4 Å². The Hall–Kier alpha value is -2.69. The van der Waals surface area contributed by atoms with Gasteiger partial charge in [-0.1, -0.05) is 47.5 Å². The van der Waals surface area contributed by atoms with Crippen LogP contribution in [0, 0.1) is 0 Å². The lowest BCUT2D eigenvalue weighted by atomic mass is 9.82. The van der Waals surface area contributed by atoms with E-state index in [1.165, 1.54) is 0 Å². The number of fused-ring (bicyclic) bond motifs is 1. The summed E-state index contributed by atoms with van der Waals surface area (Å²) < 4.78 is 6.18. The molecule has 1 heterocycles. The fourth-order valence-electron chi connectivity index (χ4n) is 5.98. The van der Waals surface area contributed by atoms with E-state index in [1.54, 1.807) is 6.07 Å². The van der Waals surface area contributed by atoms with Gasteiger partial charge in [0.1, 0.15) is 0 Å². The van der Waals surface area contributed by atoms with Crippen molar-refractivity contribution >= 4 is 40.5 Å². The largest absolute Gasteiger partial charge is 0.448 e. The van der Waals surface area contributed by atoms with Gasteiger partial charge in [0.05, 0.1) is 21.0 Å². The van der Waals surface area contributed by atoms with Crippen LogP contribution in [0.2, 0.25) is 10.0 Å². The number of halogens is 2. The summed E-state index contributed by atoms with van der Waals surface area (Å²) >= 11 is 13.1. The molecular weight excluding hydrogens is 443 g/mol. The number of ether oxygens (including phenoxy) is 1. The first-order valence-corrected chi connectivity index (χ1v) is 11.3. The molecule has 0 bridgehead atoms. The van der Waals surface area contributed by atoms with E-state index in [2.05, 4.69) is 58.3 Å². The SMILES string of the molecule is CN(C)c1ccc(C2(c3ccc(N(C)C)cc3)C3c4c(Cl)c(Cl)cc5c4C32OC5=O)cc1. The van der Waals surface area contributed by atoms with Crippen LogP contribution in [0.15, 0.2) is 54.6 Å². The van der Waals surface area contributed by atoms with Gasteiger partial charge in [-0.15, -0.1) is 0 Å². The zero-order valence-electron chi connectivity index (χ0n) is 18.2. The molecule has 6 rings (SSSR count). The lowest BCUT2D eigenvalue weighted by Gasteiger charge is -2.26. The first-order valence-electron chi connectivity index (χ1n) is 10.6. The van der Waals surface area contributed by atoms with Crippen molar-refractivity contribution in [2.24, 2.45) is 0 Å². The van der Waals surface area contributed by atoms with Gasteiger partial charge in [-0.05, 0) is 47.0 Å². The van der Waals surface area contributed by atoms with Gasteiger partial charge >= 0.3 is 5.97 Å². The van der Waals surface area contributed by atoms with E-state index in [-0.39, 0.29) is 11.9 Å². The Kier molecular flexibility index (Phi) is 3.87. The highest BCUT2D eigenvalue weighted by Crippen LogP contribution is 2.88. The second-order valence-electron chi connectivity index (χ2n) is 9.26. The molecule has 2 atom stereocenters. The summed E-state index contributed by atoms with van der Waals surface area (Å²) in [6, 6.07) is 18.7. The Morgan fingerprint density at radius 3 is 1.81 bits per heavy atom. The van der Waals surface area contributed by atoms with E-state index in [9.17, 15) is 4.79 Å². The first-order chi connectivity index (χ1) is 15.2. The van der Waals surface area contributed by atoms with Crippen molar-refractivity contribution in [1.82, 2.24) is 0 Å². The normalized spacial score (nSPS) is 23.1. The minimum Gasteiger partial charge on any atom is -0.448 e. The van der Waals surface area contributed by atoms with Crippen LogP contribution in [0.1, 0.15) is 38.5 Å². The summed E-state index contributed by atoms with van der Waals surface area (Å²) in [5, 5.41) is 0.931. The van der Waals surface area contributed by atoms with Gasteiger partial charge in [0.15, 0.2) is 5.60 Å². The molecule has 1 aliphatic heterocycles. The zero-order valence-corrected chi connectivity index (χ0v) is 19.8. The van der Waals surface area contributed by atoms with Gasteiger partial charge in [-0.2, -0.15) is 0 Å². The van der Waals surface area contributed by atoms with Gasteiger partial charge in [0.2, 0.25) is 0 Å². The molecule has 6 heteroatoms. The fourth-order valence-corrected chi connectivity index (χ4v) is 6.44. The molecule has 4 nitrogen and oxygen atoms in total. The van der Waals surface area contributed by atoms with Crippen LogP contribution >= 0.6 is 23.2 Å². The highest BCUT2D eigenvalue weighted by molar-refractivity contribution is 6.43. The number of carbonyl (C=O) groups is 1. The molecule has 0 aromatic heterocycles. The van der Waals surface area contributed by atoms with Crippen LogP contribution < -0.4 is 9.80 Å². The van der Waals surface area contributed by atoms with Crippen LogP contribution in [-0.2, 0) is 15.8 Å². The molecule has 1 saturated carbocycles. The Labute approximate surface area is 197 Å². The molecule has 2 unspecified atom stereocenters. The molecule has 1 fully saturated rings. The molecular formula is C26H22Cl2N2O2. The molecule has 0 radical (unpaired) electrons. The number of hydrogen-bond acceptors (Lipinski definition) is 4. The van der Waals surface area contributed by atoms with Gasteiger partial charge in [-0.25, -0.2) is 4.79 Å². The zero-order chi connectivity index (χ0) is 22.6. The molecule has 3 aliphatic rings. The average molecular weight is 465 g/mol. The van der Waals surface area contributed by atoms with Crippen molar-refractivity contribution in [3.05, 3.63) is 92.5 Å². The lowest BCUT2D eigenvalue weighted by Crippen LogP contribution is -2.26. The molecule has 3 aromatic carbocycles. The van der Waals surface area contributed by atoms with Crippen molar-refractivity contribution in [2.45, 2.75) is 16.9 Å². The molecule has 2 aliphatic carbocycles. The highest BCUT2D eigenvalue weighted by Gasteiger charge is 2.91. The predicted molar refractivity (Wildman–Crippen MR) is 129 cm³/mol. The van der Waals surface area contributed by atoms with E-state index in [0.717, 1.165) is 33.6 Å². The van der Waals surface area contributed by atoms with Crippen LogP contribution in [0.25, 0.3) is 0 Å². The van der Waals surface area contributed by atoms with E-state index in [1.807, 2.05) is 28.2 Å². The second kappa shape index (κ2) is 6.21. The van der Waals surface area contributed by atoms with Gasteiger partial charge in [-0.3, -0.25) is 0 Å². The van der Waals surface area contributed by atoms with E-state index >= 15 is 0 Å². The summed E-state index contributed by atoms with van der Waals surface area (Å²) in [5.74, 6) is -0.379. The van der Waals surface area contributed by atoms with Crippen molar-refractivity contribution in [2.75, 3.05) is 38.0 Å². The summed E-state index contributed by atoms with van der Waals surface area (Å²) in [6.45, 7) is 0. The number of nitrogens with zero attached hydrogens (tertiary/aromatic N) is 2. The maximum atomic E-state index is 12.9. The Bertz CT molecular complexity index is 1250. The molecule has 162 valence electrons. The van der Waals surface area contributed by atoms with E-state index < -0.39 is 11.0 Å². The monoisotopic (exact) mass is 464 g/mol. The van der Waals surface area contributed by atoms with Crippen LogP contribution in [0.5, 0.6) is 0 Å². The fraction of sp³-hybridized carbons (Fsp3) is 0.269. The summed E-state index contributed by atoms with van der Waals surface area (Å²) in [4.78, 5) is 17.0. The van der Waals surface area contributed by atoms with Gasteiger partial charge in [0.25, 0.3) is 0 Å². The molecule has 0 amide bonds. The third-order valence-electron chi connectivity index (χ3n) is 7.41. The Morgan fingerprint density at radius 1 is 0.844 bits per heavy atom. The second-order valence-corrected chi connectivity index (χ2v) is 10.0. The summed E-state index contributed by atoms with van der Waals surface area (Å²) in [7, 11) is 8.08. The third kappa shape index (κ3) is 2.08. The molecule has 0 N–H and O–H groups in total. The number of rotatable bonds is 4. The number of anilines is 2. The molecule has 1 spiro atoms. The van der Waals surface area contributed by atoms with Gasteiger partial charge < -0.3 is 14.5 Å². The molecule has 3 aromatic rings. The number of esters is 1. The highest BCUT2D eigenvalue weighted by atomic mass is 35.5. The van der Waals surface area contributed by atoms with Crippen molar-refractivity contribution in [3.63, 3.8) is 0 Å². The first kappa shape index (κ1) is 20.0. The maximum Gasteiger partial charge on any atom is 0.339 e. The third-order valence-corrected chi connectivity index (χ3v) is 8.21. The minimum absolute atomic E-state index is 0.0585.